The molecule has 13 heavy (non-hydrogen) atoms. The van der Waals surface area contributed by atoms with Crippen molar-refractivity contribution < 1.29 is 4.79 Å². The summed E-state index contributed by atoms with van der Waals surface area (Å²) < 4.78 is 0. The van der Waals surface area contributed by atoms with E-state index in [1.807, 2.05) is 4.90 Å². The van der Waals surface area contributed by atoms with E-state index < -0.39 is 0 Å². The predicted molar refractivity (Wildman–Crippen MR) is 53.5 cm³/mol. The maximum atomic E-state index is 11.7. The van der Waals surface area contributed by atoms with Gasteiger partial charge in [-0.3, -0.25) is 4.79 Å². The zero-order valence-corrected chi connectivity index (χ0v) is 8.84. The minimum Gasteiger partial charge on any atom is -0.340 e. The van der Waals surface area contributed by atoms with Gasteiger partial charge in [0.1, 0.15) is 0 Å². The monoisotopic (exact) mass is 184 g/mol. The Labute approximate surface area is 80.5 Å². The summed E-state index contributed by atoms with van der Waals surface area (Å²) in [6.45, 7) is 8.97. The van der Waals surface area contributed by atoms with Gasteiger partial charge in [0, 0.05) is 32.1 Å². The molecular formula is C10H20N2O. The Morgan fingerprint density at radius 2 is 2.31 bits per heavy atom. The molecule has 1 heterocycles. The molecule has 1 rings (SSSR count). The molecule has 0 aromatic heterocycles. The first-order chi connectivity index (χ1) is 6.09. The van der Waals surface area contributed by atoms with Gasteiger partial charge in [-0.25, -0.2) is 0 Å². The smallest absolute Gasteiger partial charge is 0.222 e. The highest BCUT2D eigenvalue weighted by molar-refractivity contribution is 5.76. The summed E-state index contributed by atoms with van der Waals surface area (Å²) in [6, 6.07) is 0.449. The lowest BCUT2D eigenvalue weighted by molar-refractivity contribution is -0.133. The lowest BCUT2D eigenvalue weighted by Gasteiger charge is -2.32. The number of piperazine rings is 1. The summed E-state index contributed by atoms with van der Waals surface area (Å²) in [6.07, 6.45) is 0.687. The Morgan fingerprint density at radius 1 is 1.62 bits per heavy atom. The third-order valence-corrected chi connectivity index (χ3v) is 2.30. The van der Waals surface area contributed by atoms with Crippen LogP contribution in [0.2, 0.25) is 0 Å². The third-order valence-electron chi connectivity index (χ3n) is 2.30. The third kappa shape index (κ3) is 3.35. The number of nitrogens with one attached hydrogen (secondary N) is 1. The topological polar surface area (TPSA) is 32.3 Å². The summed E-state index contributed by atoms with van der Waals surface area (Å²) in [5, 5.41) is 3.33. The second-order valence-corrected chi connectivity index (χ2v) is 4.29. The van der Waals surface area contributed by atoms with E-state index in [1.54, 1.807) is 0 Å². The van der Waals surface area contributed by atoms with Crippen molar-refractivity contribution in [3.05, 3.63) is 0 Å². The van der Waals surface area contributed by atoms with E-state index in [0.29, 0.717) is 24.3 Å². The first-order valence-electron chi connectivity index (χ1n) is 5.10. The molecule has 0 unspecified atom stereocenters. The lowest BCUT2D eigenvalue weighted by Crippen LogP contribution is -2.51. The van der Waals surface area contributed by atoms with E-state index in [4.69, 9.17) is 0 Å². The summed E-state index contributed by atoms with van der Waals surface area (Å²) in [5.41, 5.74) is 0. The molecule has 0 aromatic rings. The van der Waals surface area contributed by atoms with E-state index in [0.717, 1.165) is 19.6 Å². The summed E-state index contributed by atoms with van der Waals surface area (Å²) >= 11 is 0. The molecule has 0 saturated carbocycles. The van der Waals surface area contributed by atoms with Gasteiger partial charge >= 0.3 is 0 Å². The van der Waals surface area contributed by atoms with Gasteiger partial charge in [-0.2, -0.15) is 0 Å². The quantitative estimate of drug-likeness (QED) is 0.690. The molecule has 0 radical (unpaired) electrons. The number of hydrogen-bond donors (Lipinski definition) is 1. The van der Waals surface area contributed by atoms with Crippen LogP contribution in [0, 0.1) is 5.92 Å². The maximum Gasteiger partial charge on any atom is 0.222 e. The lowest BCUT2D eigenvalue weighted by atomic mass is 10.1. The highest BCUT2D eigenvalue weighted by atomic mass is 16.2. The van der Waals surface area contributed by atoms with Crippen LogP contribution in [-0.2, 0) is 4.79 Å². The Hall–Kier alpha value is -0.570. The van der Waals surface area contributed by atoms with Gasteiger partial charge in [-0.1, -0.05) is 13.8 Å². The molecule has 0 spiro atoms. The second kappa shape index (κ2) is 4.61. The van der Waals surface area contributed by atoms with E-state index in [2.05, 4.69) is 26.1 Å². The minimum atomic E-state index is 0.309. The van der Waals surface area contributed by atoms with Crippen LogP contribution in [0.25, 0.3) is 0 Å². The molecule has 0 aliphatic carbocycles. The molecule has 1 saturated heterocycles. The second-order valence-electron chi connectivity index (χ2n) is 4.29. The van der Waals surface area contributed by atoms with Gasteiger partial charge < -0.3 is 10.2 Å². The van der Waals surface area contributed by atoms with Gasteiger partial charge in [0.25, 0.3) is 0 Å². The summed E-state index contributed by atoms with van der Waals surface area (Å²) in [4.78, 5) is 13.6. The molecule has 76 valence electrons. The Bertz CT molecular complexity index is 180. The first-order valence-corrected chi connectivity index (χ1v) is 5.10. The zero-order chi connectivity index (χ0) is 9.84. The fraction of sp³-hybridized carbons (Fsp3) is 0.900. The van der Waals surface area contributed by atoms with Gasteiger partial charge in [-0.15, -0.1) is 0 Å². The molecule has 0 aromatic carbocycles. The summed E-state index contributed by atoms with van der Waals surface area (Å²) in [7, 11) is 0. The standard InChI is InChI=1S/C10H20N2O/c1-8(2)6-10(13)12-5-4-11-9(3)7-12/h8-9,11H,4-7H2,1-3H3/t9-/m1/s1. The number of carbonyl (C=O) groups excluding carboxylic acids is 1. The SMILES string of the molecule is CC(C)CC(=O)N1CCN[C@H](C)C1. The van der Waals surface area contributed by atoms with E-state index in [1.165, 1.54) is 0 Å². The number of rotatable bonds is 2. The largest absolute Gasteiger partial charge is 0.340 e. The van der Waals surface area contributed by atoms with E-state index in [9.17, 15) is 4.79 Å². The molecule has 1 amide bonds. The molecule has 3 nitrogen and oxygen atoms in total. The minimum absolute atomic E-state index is 0.309. The molecule has 1 fully saturated rings. The number of amides is 1. The Morgan fingerprint density at radius 3 is 2.85 bits per heavy atom. The van der Waals surface area contributed by atoms with Crippen molar-refractivity contribution in [3.8, 4) is 0 Å². The molecule has 1 aliphatic rings. The number of hydrogen-bond acceptors (Lipinski definition) is 2. The van der Waals surface area contributed by atoms with Gasteiger partial charge in [0.15, 0.2) is 0 Å². The molecule has 3 heteroatoms. The van der Waals surface area contributed by atoms with Gasteiger partial charge in [0.2, 0.25) is 5.91 Å². The molecule has 1 aliphatic heterocycles. The Kier molecular flexibility index (Phi) is 3.72. The molecule has 1 N–H and O–H groups in total. The molecule has 0 bridgehead atoms. The van der Waals surface area contributed by atoms with E-state index >= 15 is 0 Å². The highest BCUT2D eigenvalue weighted by Gasteiger charge is 2.20. The van der Waals surface area contributed by atoms with Crippen LogP contribution in [0.15, 0.2) is 0 Å². The van der Waals surface area contributed by atoms with Crippen molar-refractivity contribution in [1.29, 1.82) is 0 Å². The highest BCUT2D eigenvalue weighted by Crippen LogP contribution is 2.06. The van der Waals surface area contributed by atoms with E-state index in [-0.39, 0.29) is 0 Å². The van der Waals surface area contributed by atoms with Crippen LogP contribution in [0.3, 0.4) is 0 Å². The van der Waals surface area contributed by atoms with Crippen LogP contribution in [0.1, 0.15) is 27.2 Å². The van der Waals surface area contributed by atoms with Crippen molar-refractivity contribution in [3.63, 3.8) is 0 Å². The van der Waals surface area contributed by atoms with Crippen LogP contribution >= 0.6 is 0 Å². The average Bonchev–Trinajstić information content (AvgIpc) is 2.03. The first kappa shape index (κ1) is 10.5. The van der Waals surface area contributed by atoms with Crippen LogP contribution in [0.5, 0.6) is 0 Å². The van der Waals surface area contributed by atoms with Crippen molar-refractivity contribution >= 4 is 5.91 Å². The fourth-order valence-corrected chi connectivity index (χ4v) is 1.64. The van der Waals surface area contributed by atoms with Crippen molar-refractivity contribution in [2.24, 2.45) is 5.92 Å². The normalized spacial score (nSPS) is 23.7. The van der Waals surface area contributed by atoms with Crippen molar-refractivity contribution in [1.82, 2.24) is 10.2 Å². The predicted octanol–water partition coefficient (Wildman–Crippen LogP) is 0.853. The Balaban J connectivity index is 2.37. The summed E-state index contributed by atoms with van der Waals surface area (Å²) in [5.74, 6) is 0.779. The average molecular weight is 184 g/mol. The van der Waals surface area contributed by atoms with Crippen LogP contribution < -0.4 is 5.32 Å². The van der Waals surface area contributed by atoms with Crippen LogP contribution in [-0.4, -0.2) is 36.5 Å². The van der Waals surface area contributed by atoms with Gasteiger partial charge in [-0.05, 0) is 12.8 Å². The zero-order valence-electron chi connectivity index (χ0n) is 8.84. The van der Waals surface area contributed by atoms with Gasteiger partial charge in [0.05, 0.1) is 0 Å². The maximum absolute atomic E-state index is 11.7. The number of nitrogens with zero attached hydrogens (tertiary/aromatic N) is 1. The number of carbonyl (C=O) groups is 1. The molecular weight excluding hydrogens is 164 g/mol. The van der Waals surface area contributed by atoms with Crippen molar-refractivity contribution in [2.45, 2.75) is 33.2 Å². The van der Waals surface area contributed by atoms with Crippen LogP contribution in [0.4, 0.5) is 0 Å². The fourth-order valence-electron chi connectivity index (χ4n) is 1.64. The van der Waals surface area contributed by atoms with Crippen molar-refractivity contribution in [2.75, 3.05) is 19.6 Å². The molecule has 1 atom stereocenters.